The van der Waals surface area contributed by atoms with Crippen LogP contribution in [0.3, 0.4) is 0 Å². The molecule has 0 radical (unpaired) electrons. The summed E-state index contributed by atoms with van der Waals surface area (Å²) >= 11 is 0. The monoisotopic (exact) mass is 782 g/mol. The Labute approximate surface area is 326 Å². The molecular weight excluding hydrogens is 728 g/mol. The number of benzene rings is 2. The molecule has 56 heavy (non-hydrogen) atoms. The molecule has 306 valence electrons. The summed E-state index contributed by atoms with van der Waals surface area (Å²) in [4.78, 5) is 64.2. The fraction of sp³-hybridized carbons (Fsp3) is 0.548. The number of carbonyl (C=O) groups excluding carboxylic acids is 3. The number of carboxylic acids is 2. The highest BCUT2D eigenvalue weighted by Gasteiger charge is 2.86. The lowest BCUT2D eigenvalue weighted by Crippen LogP contribution is -2.78. The zero-order valence-electron chi connectivity index (χ0n) is 32.2. The van der Waals surface area contributed by atoms with Crippen LogP contribution in [0.25, 0.3) is 6.08 Å². The van der Waals surface area contributed by atoms with Gasteiger partial charge in [0, 0.05) is 19.8 Å². The smallest absolute Gasteiger partial charge is 0.344 e. The van der Waals surface area contributed by atoms with E-state index in [4.69, 9.17) is 23.7 Å². The zero-order chi connectivity index (χ0) is 40.9. The van der Waals surface area contributed by atoms with E-state index < -0.39 is 77.7 Å². The molecular formula is C42H54O14. The molecule has 2 aliphatic heterocycles. The molecule has 2 heterocycles. The predicted octanol–water partition coefficient (Wildman–Crippen LogP) is 5.01. The molecule has 2 bridgehead atoms. The van der Waals surface area contributed by atoms with Crippen LogP contribution >= 0.6 is 0 Å². The van der Waals surface area contributed by atoms with E-state index in [1.807, 2.05) is 67.6 Å². The number of aliphatic hydroxyl groups excluding tert-OH is 1. The molecule has 0 unspecified atom stereocenters. The fourth-order valence-corrected chi connectivity index (χ4v) is 7.55. The number of aryl methyl sites for hydroxylation is 1. The third kappa shape index (κ3) is 10.0. The summed E-state index contributed by atoms with van der Waals surface area (Å²) in [5, 5.41) is 44.3. The van der Waals surface area contributed by atoms with Crippen LogP contribution in [-0.4, -0.2) is 98.8 Å². The van der Waals surface area contributed by atoms with E-state index in [0.29, 0.717) is 19.3 Å². The van der Waals surface area contributed by atoms with Gasteiger partial charge in [0.05, 0.1) is 7.11 Å². The van der Waals surface area contributed by atoms with E-state index in [9.17, 15) is 44.4 Å². The lowest BCUT2D eigenvalue weighted by atomic mass is 9.74. The maximum atomic E-state index is 13.2. The number of hydrogen-bond donors (Lipinski definition) is 4. The number of methoxy groups -OCH3 is 1. The summed E-state index contributed by atoms with van der Waals surface area (Å²) in [6.07, 6.45) is 1.96. The second kappa shape index (κ2) is 20.0. The third-order valence-corrected chi connectivity index (χ3v) is 10.6. The average Bonchev–Trinajstić information content (AvgIpc) is 3.38. The number of fused-ring (bicyclic) bond motifs is 2. The van der Waals surface area contributed by atoms with Crippen LogP contribution in [0.1, 0.15) is 95.6 Å². The van der Waals surface area contributed by atoms with Gasteiger partial charge in [-0.25, -0.2) is 14.4 Å². The van der Waals surface area contributed by atoms with Gasteiger partial charge >= 0.3 is 29.8 Å². The fourth-order valence-electron chi connectivity index (χ4n) is 7.55. The van der Waals surface area contributed by atoms with Crippen LogP contribution in [0.2, 0.25) is 0 Å². The van der Waals surface area contributed by atoms with Crippen molar-refractivity contribution < 1.29 is 68.1 Å². The molecule has 8 atom stereocenters. The van der Waals surface area contributed by atoms with Crippen molar-refractivity contribution in [3.05, 3.63) is 77.9 Å². The number of aliphatic carboxylic acids is 2. The van der Waals surface area contributed by atoms with Crippen molar-refractivity contribution >= 4 is 35.9 Å². The number of aliphatic hydroxyl groups is 2. The molecule has 2 aromatic carbocycles. The third-order valence-electron chi connectivity index (χ3n) is 10.6. The molecule has 2 aliphatic rings. The Morgan fingerprint density at radius 3 is 2.11 bits per heavy atom. The molecule has 2 fully saturated rings. The van der Waals surface area contributed by atoms with Gasteiger partial charge in [0.25, 0.3) is 0 Å². The standard InChI is InChI=1S/C42H54O14/c1-28(18-16-24-31-22-13-9-14-23-31)32(53-29(2)43)25-17-27-40-34(45)35(42(56-40,39(49)50)41(51,38(47)48)36(55-40)37(46)52-3)54-33(44)26-15-7-5-4-6-10-19-30-20-11-8-12-21-30/h8-9,11-14,16,20-24,28,32,34-36,45,51H,4-7,10,15,17-19,25-27H2,1-3H3,(H,47,48)(H,49,50)/b24-16+/t28-,32-,34+,35-,36+,40+,41+,42+/m1/s1. The lowest BCUT2D eigenvalue weighted by Gasteiger charge is -2.49. The molecule has 2 aromatic rings. The molecule has 0 aliphatic carbocycles. The predicted molar refractivity (Wildman–Crippen MR) is 201 cm³/mol. The van der Waals surface area contributed by atoms with Crippen molar-refractivity contribution in [3.8, 4) is 0 Å². The molecule has 0 amide bonds. The molecule has 0 aromatic heterocycles. The quantitative estimate of drug-likeness (QED) is 0.0703. The first-order chi connectivity index (χ1) is 26.7. The number of carboxylic acid groups (broad SMARTS) is 2. The second-order valence-electron chi connectivity index (χ2n) is 14.6. The molecule has 4 rings (SSSR count). The average molecular weight is 783 g/mol. The van der Waals surface area contributed by atoms with Crippen molar-refractivity contribution in [2.75, 3.05) is 7.11 Å². The first-order valence-electron chi connectivity index (χ1n) is 19.2. The number of carbonyl (C=O) groups is 5. The number of unbranched alkanes of at least 4 members (excludes halogenated alkanes) is 5. The Morgan fingerprint density at radius 1 is 0.875 bits per heavy atom. The van der Waals surface area contributed by atoms with Gasteiger partial charge in [0.2, 0.25) is 23.1 Å². The topological polar surface area (TPSA) is 212 Å². The van der Waals surface area contributed by atoms with Gasteiger partial charge in [0.1, 0.15) is 12.2 Å². The largest absolute Gasteiger partial charge is 0.479 e. The van der Waals surface area contributed by atoms with E-state index in [1.54, 1.807) is 0 Å². The van der Waals surface area contributed by atoms with Crippen LogP contribution in [0, 0.1) is 5.92 Å². The number of allylic oxidation sites excluding steroid dienone is 1. The SMILES string of the molecule is COC(=O)[C@@H]1O[C@@]2(CCC[C@@H](OC(C)=O)[C@H](C)C/C=C/c3ccccc3)O[C@](C(=O)O)([C@H](OC(=O)CCCCCCCCc3ccccc3)[C@@H]2O)[C@@]1(O)C(=O)O. The van der Waals surface area contributed by atoms with Gasteiger partial charge in [-0.3, -0.25) is 9.59 Å². The highest BCUT2D eigenvalue weighted by Crippen LogP contribution is 2.56. The Bertz CT molecular complexity index is 1660. The molecule has 14 nitrogen and oxygen atoms in total. The van der Waals surface area contributed by atoms with Gasteiger partial charge in [-0.2, -0.15) is 0 Å². The Morgan fingerprint density at radius 2 is 1.50 bits per heavy atom. The van der Waals surface area contributed by atoms with Crippen LogP contribution < -0.4 is 0 Å². The summed E-state index contributed by atoms with van der Waals surface area (Å²) in [7, 11) is 0.875. The van der Waals surface area contributed by atoms with Crippen molar-refractivity contribution in [2.24, 2.45) is 5.92 Å². The summed E-state index contributed by atoms with van der Waals surface area (Å²) in [5.41, 5.74) is -4.89. The highest BCUT2D eigenvalue weighted by atomic mass is 16.8. The van der Waals surface area contributed by atoms with Crippen LogP contribution in [0.15, 0.2) is 66.7 Å². The number of ether oxygens (including phenoxy) is 5. The number of rotatable bonds is 22. The van der Waals surface area contributed by atoms with E-state index in [0.717, 1.165) is 44.8 Å². The first-order valence-corrected chi connectivity index (χ1v) is 19.2. The van der Waals surface area contributed by atoms with Crippen LogP contribution in [0.4, 0.5) is 0 Å². The maximum Gasteiger partial charge on any atom is 0.344 e. The Balaban J connectivity index is 1.48. The summed E-state index contributed by atoms with van der Waals surface area (Å²) in [6, 6.07) is 19.7. The van der Waals surface area contributed by atoms with Crippen molar-refractivity contribution in [2.45, 2.75) is 132 Å². The maximum absolute atomic E-state index is 13.2. The van der Waals surface area contributed by atoms with E-state index >= 15 is 0 Å². The molecule has 4 N–H and O–H groups in total. The number of hydrogen-bond acceptors (Lipinski definition) is 12. The van der Waals surface area contributed by atoms with Gasteiger partial charge in [0.15, 0.2) is 6.10 Å². The molecule has 14 heteroatoms. The van der Waals surface area contributed by atoms with Crippen molar-refractivity contribution in [1.29, 1.82) is 0 Å². The summed E-state index contributed by atoms with van der Waals surface area (Å²) in [5.74, 6) is -10.0. The van der Waals surface area contributed by atoms with E-state index in [2.05, 4.69) is 12.1 Å². The minimum Gasteiger partial charge on any atom is -0.479 e. The van der Waals surface area contributed by atoms with Crippen LogP contribution in [-0.2, 0) is 54.1 Å². The number of esters is 3. The highest BCUT2D eigenvalue weighted by molar-refractivity contribution is 5.98. The Kier molecular flexibility index (Phi) is 15.7. The minimum absolute atomic E-state index is 0.0167. The van der Waals surface area contributed by atoms with Gasteiger partial charge in [-0.05, 0) is 55.6 Å². The zero-order valence-corrected chi connectivity index (χ0v) is 32.2. The first kappa shape index (κ1) is 44.1. The van der Waals surface area contributed by atoms with Crippen molar-refractivity contribution in [1.82, 2.24) is 0 Å². The van der Waals surface area contributed by atoms with Crippen LogP contribution in [0.5, 0.6) is 0 Å². The van der Waals surface area contributed by atoms with Gasteiger partial charge in [-0.15, -0.1) is 0 Å². The molecule has 0 spiro atoms. The van der Waals surface area contributed by atoms with E-state index in [-0.39, 0.29) is 25.2 Å². The normalized spacial score (nSPS) is 26.6. The lowest BCUT2D eigenvalue weighted by molar-refractivity contribution is -0.374. The summed E-state index contributed by atoms with van der Waals surface area (Å²) < 4.78 is 27.4. The van der Waals surface area contributed by atoms with E-state index in [1.165, 1.54) is 12.5 Å². The van der Waals surface area contributed by atoms with Gasteiger partial charge in [-0.1, -0.05) is 105 Å². The minimum atomic E-state index is -3.72. The van der Waals surface area contributed by atoms with Gasteiger partial charge < -0.3 is 44.1 Å². The Hall–Kier alpha value is -4.63. The summed E-state index contributed by atoms with van der Waals surface area (Å²) in [6.45, 7) is 3.13. The van der Waals surface area contributed by atoms with Crippen molar-refractivity contribution in [3.63, 3.8) is 0 Å². The second-order valence-corrected chi connectivity index (χ2v) is 14.6. The molecule has 2 saturated heterocycles. The molecule has 0 saturated carbocycles.